The number of aryl methyl sites for hydroxylation is 1. The van der Waals surface area contributed by atoms with Crippen LogP contribution in [-0.4, -0.2) is 32.4 Å². The van der Waals surface area contributed by atoms with Crippen LogP contribution in [0.15, 0.2) is 66.7 Å². The molecule has 1 aliphatic rings. The summed E-state index contributed by atoms with van der Waals surface area (Å²) in [6.07, 6.45) is 0. The van der Waals surface area contributed by atoms with Crippen LogP contribution in [0.25, 0.3) is 11.1 Å². The summed E-state index contributed by atoms with van der Waals surface area (Å²) in [5, 5.41) is 0. The summed E-state index contributed by atoms with van der Waals surface area (Å²) in [4.78, 5) is 11.7. The van der Waals surface area contributed by atoms with Crippen LogP contribution in [-0.2, 0) is 31.2 Å². The molecule has 33 heavy (non-hydrogen) atoms. The number of ether oxygens (including phenoxy) is 4. The van der Waals surface area contributed by atoms with Crippen LogP contribution in [0.3, 0.4) is 0 Å². The number of benzene rings is 3. The second kappa shape index (κ2) is 10.1. The van der Waals surface area contributed by atoms with E-state index in [2.05, 4.69) is 0 Å². The van der Waals surface area contributed by atoms with E-state index in [0.29, 0.717) is 32.2 Å². The number of carbonyl (C=O) groups excluding carboxylic acids is 1. The first kappa shape index (κ1) is 23.0. The summed E-state index contributed by atoms with van der Waals surface area (Å²) in [5.41, 5.74) is 4.12. The van der Waals surface area contributed by atoms with Crippen LogP contribution in [0.4, 0.5) is 4.39 Å². The fourth-order valence-corrected chi connectivity index (χ4v) is 3.78. The molecule has 3 aromatic rings. The Morgan fingerprint density at radius 3 is 2.55 bits per heavy atom. The maximum atomic E-state index is 13.7. The molecular formula is C27H27FO5. The molecule has 0 bridgehead atoms. The standard InChI is InChI=1S/C27H27FO5/c1-3-31-26(29)16-33-27(17-30-18-27)22-8-11-24(12-9-22)32-15-20-5-4-6-21(13-20)25-14-23(28)10-7-19(25)2/h4-14H,3,15-18H2,1-2H3. The van der Waals surface area contributed by atoms with Crippen LogP contribution in [0.5, 0.6) is 5.75 Å². The Balaban J connectivity index is 1.40. The van der Waals surface area contributed by atoms with E-state index < -0.39 is 5.60 Å². The van der Waals surface area contributed by atoms with Gasteiger partial charge in [0.1, 0.15) is 30.4 Å². The summed E-state index contributed by atoms with van der Waals surface area (Å²) >= 11 is 0. The van der Waals surface area contributed by atoms with Crippen molar-refractivity contribution in [3.05, 3.63) is 89.2 Å². The van der Waals surface area contributed by atoms with Gasteiger partial charge >= 0.3 is 5.97 Å². The molecule has 6 heteroatoms. The number of hydrogen-bond donors (Lipinski definition) is 0. The normalized spacial score (nSPS) is 14.4. The zero-order valence-electron chi connectivity index (χ0n) is 18.8. The van der Waals surface area contributed by atoms with Crippen LogP contribution in [0.2, 0.25) is 0 Å². The van der Waals surface area contributed by atoms with Gasteiger partial charge in [-0.05, 0) is 72.0 Å². The van der Waals surface area contributed by atoms with Crippen molar-refractivity contribution >= 4 is 5.97 Å². The molecule has 4 rings (SSSR count). The van der Waals surface area contributed by atoms with Crippen molar-refractivity contribution in [1.29, 1.82) is 0 Å². The molecule has 0 unspecified atom stereocenters. The van der Waals surface area contributed by atoms with E-state index in [1.807, 2.05) is 55.5 Å². The second-order valence-corrected chi connectivity index (χ2v) is 8.05. The van der Waals surface area contributed by atoms with Crippen molar-refractivity contribution in [3.8, 4) is 16.9 Å². The molecule has 0 N–H and O–H groups in total. The first-order chi connectivity index (χ1) is 16.0. The Bertz CT molecular complexity index is 1110. The van der Waals surface area contributed by atoms with E-state index in [0.717, 1.165) is 27.8 Å². The van der Waals surface area contributed by atoms with Gasteiger partial charge in [-0.15, -0.1) is 0 Å². The maximum absolute atomic E-state index is 13.7. The molecule has 1 aliphatic heterocycles. The number of hydrogen-bond acceptors (Lipinski definition) is 5. The lowest BCUT2D eigenvalue weighted by molar-refractivity contribution is -0.221. The SMILES string of the molecule is CCOC(=O)COC1(c2ccc(OCc3cccc(-c4cc(F)ccc4C)c3)cc2)COC1. The molecule has 0 aromatic heterocycles. The number of rotatable bonds is 9. The molecule has 0 radical (unpaired) electrons. The molecule has 0 spiro atoms. The lowest BCUT2D eigenvalue weighted by Gasteiger charge is -2.41. The first-order valence-electron chi connectivity index (χ1n) is 11.0. The third-order valence-corrected chi connectivity index (χ3v) is 5.67. The number of carbonyl (C=O) groups is 1. The van der Waals surface area contributed by atoms with Crippen molar-refractivity contribution in [2.24, 2.45) is 0 Å². The van der Waals surface area contributed by atoms with E-state index >= 15 is 0 Å². The largest absolute Gasteiger partial charge is 0.489 e. The lowest BCUT2D eigenvalue weighted by Crippen LogP contribution is -2.49. The molecule has 172 valence electrons. The molecule has 0 amide bonds. The van der Waals surface area contributed by atoms with Gasteiger partial charge in [0.25, 0.3) is 0 Å². The molecular weight excluding hydrogens is 423 g/mol. The van der Waals surface area contributed by atoms with E-state index in [4.69, 9.17) is 18.9 Å². The summed E-state index contributed by atoms with van der Waals surface area (Å²) in [7, 11) is 0. The zero-order chi connectivity index (χ0) is 23.3. The predicted octanol–water partition coefficient (Wildman–Crippen LogP) is 5.19. The van der Waals surface area contributed by atoms with Gasteiger partial charge in [0.05, 0.1) is 19.8 Å². The maximum Gasteiger partial charge on any atom is 0.332 e. The van der Waals surface area contributed by atoms with Crippen molar-refractivity contribution in [2.75, 3.05) is 26.4 Å². The third-order valence-electron chi connectivity index (χ3n) is 5.67. The second-order valence-electron chi connectivity index (χ2n) is 8.05. The molecule has 1 saturated heterocycles. The molecule has 5 nitrogen and oxygen atoms in total. The molecule has 0 atom stereocenters. The third kappa shape index (κ3) is 5.41. The minimum atomic E-state index is -0.636. The van der Waals surface area contributed by atoms with Gasteiger partial charge in [0, 0.05) is 0 Å². The number of halogens is 1. The zero-order valence-corrected chi connectivity index (χ0v) is 18.8. The van der Waals surface area contributed by atoms with E-state index in [1.165, 1.54) is 6.07 Å². The molecule has 3 aromatic carbocycles. The Morgan fingerprint density at radius 1 is 1.06 bits per heavy atom. The van der Waals surface area contributed by atoms with Crippen LogP contribution in [0.1, 0.15) is 23.6 Å². The summed E-state index contributed by atoms with van der Waals surface area (Å²) in [6.45, 7) is 5.10. The quantitative estimate of drug-likeness (QED) is 0.420. The summed E-state index contributed by atoms with van der Waals surface area (Å²) < 4.78 is 35.8. The van der Waals surface area contributed by atoms with Gasteiger partial charge < -0.3 is 18.9 Å². The van der Waals surface area contributed by atoms with Gasteiger partial charge in [-0.25, -0.2) is 9.18 Å². The average molecular weight is 451 g/mol. The van der Waals surface area contributed by atoms with Gasteiger partial charge in [0.2, 0.25) is 0 Å². The first-order valence-corrected chi connectivity index (χ1v) is 11.0. The van der Waals surface area contributed by atoms with Crippen LogP contribution in [0, 0.1) is 12.7 Å². The Hall–Kier alpha value is -3.22. The minimum Gasteiger partial charge on any atom is -0.489 e. The fourth-order valence-electron chi connectivity index (χ4n) is 3.78. The summed E-state index contributed by atoms with van der Waals surface area (Å²) in [6, 6.07) is 20.3. The van der Waals surface area contributed by atoms with E-state index in [9.17, 15) is 9.18 Å². The van der Waals surface area contributed by atoms with E-state index in [-0.39, 0.29) is 18.4 Å². The minimum absolute atomic E-state index is 0.115. The fraction of sp³-hybridized carbons (Fsp3) is 0.296. The Labute approximate surface area is 193 Å². The van der Waals surface area contributed by atoms with Crippen LogP contribution < -0.4 is 4.74 Å². The van der Waals surface area contributed by atoms with Crippen LogP contribution >= 0.6 is 0 Å². The lowest BCUT2D eigenvalue weighted by atomic mass is 9.91. The highest BCUT2D eigenvalue weighted by atomic mass is 19.1. The van der Waals surface area contributed by atoms with Gasteiger partial charge in [0.15, 0.2) is 0 Å². The Morgan fingerprint density at radius 2 is 1.85 bits per heavy atom. The van der Waals surface area contributed by atoms with Gasteiger partial charge in [-0.3, -0.25) is 0 Å². The average Bonchev–Trinajstić information content (AvgIpc) is 2.80. The molecule has 0 aliphatic carbocycles. The van der Waals surface area contributed by atoms with Crippen molar-refractivity contribution < 1.29 is 28.1 Å². The van der Waals surface area contributed by atoms with Gasteiger partial charge in [-0.2, -0.15) is 0 Å². The monoisotopic (exact) mass is 450 g/mol. The Kier molecular flexibility index (Phi) is 7.06. The van der Waals surface area contributed by atoms with Crippen molar-refractivity contribution in [2.45, 2.75) is 26.1 Å². The highest BCUT2D eigenvalue weighted by Crippen LogP contribution is 2.35. The smallest absolute Gasteiger partial charge is 0.332 e. The number of esters is 1. The topological polar surface area (TPSA) is 54.0 Å². The van der Waals surface area contributed by atoms with Crippen molar-refractivity contribution in [3.63, 3.8) is 0 Å². The highest BCUT2D eigenvalue weighted by Gasteiger charge is 2.42. The van der Waals surface area contributed by atoms with E-state index in [1.54, 1.807) is 19.1 Å². The van der Waals surface area contributed by atoms with Gasteiger partial charge in [-0.1, -0.05) is 36.4 Å². The predicted molar refractivity (Wildman–Crippen MR) is 122 cm³/mol. The highest BCUT2D eigenvalue weighted by molar-refractivity contribution is 5.70. The molecule has 0 saturated carbocycles. The van der Waals surface area contributed by atoms with Crippen molar-refractivity contribution in [1.82, 2.24) is 0 Å². The molecule has 1 heterocycles. The molecule has 1 fully saturated rings. The summed E-state index contributed by atoms with van der Waals surface area (Å²) in [5.74, 6) is 0.0736.